The van der Waals surface area contributed by atoms with Crippen molar-refractivity contribution in [3.63, 3.8) is 0 Å². The highest BCUT2D eigenvalue weighted by atomic mass is 19.1. The van der Waals surface area contributed by atoms with Gasteiger partial charge in [-0.25, -0.2) is 9.18 Å². The molecule has 1 aromatic carbocycles. The van der Waals surface area contributed by atoms with Crippen molar-refractivity contribution in [1.82, 2.24) is 4.90 Å². The Labute approximate surface area is 123 Å². The fourth-order valence-electron chi connectivity index (χ4n) is 2.24. The second-order valence-corrected chi connectivity index (χ2v) is 5.06. The maximum Gasteiger partial charge on any atom is 0.410 e. The topological polar surface area (TPSA) is 49.8 Å². The minimum absolute atomic E-state index is 0.0891. The second-order valence-electron chi connectivity index (χ2n) is 5.06. The molecule has 0 unspecified atom stereocenters. The Morgan fingerprint density at radius 1 is 1.48 bits per heavy atom. The molecule has 0 aliphatic carbocycles. The number of rotatable bonds is 4. The number of carbonyl (C=O) groups excluding carboxylic acids is 1. The molecular formula is C16H20FNO3. The Hall–Kier alpha value is -2.04. The number of phenolic OH excluding ortho intramolecular Hbond substituents is 1. The van der Waals surface area contributed by atoms with Gasteiger partial charge in [0.2, 0.25) is 0 Å². The zero-order valence-corrected chi connectivity index (χ0v) is 12.1. The van der Waals surface area contributed by atoms with E-state index in [1.165, 1.54) is 6.07 Å². The molecule has 2 rings (SSSR count). The van der Waals surface area contributed by atoms with E-state index in [9.17, 15) is 14.3 Å². The SMILES string of the molecule is CCCCOC(=O)N1CC=C(c2ccc(O)cc2F)CC1. The lowest BCUT2D eigenvalue weighted by Crippen LogP contribution is -2.35. The molecule has 1 aliphatic heterocycles. The number of hydrogen-bond donors (Lipinski definition) is 1. The first kappa shape index (κ1) is 15.4. The zero-order chi connectivity index (χ0) is 15.2. The first-order chi connectivity index (χ1) is 10.1. The molecule has 1 heterocycles. The van der Waals surface area contributed by atoms with E-state index in [4.69, 9.17) is 4.74 Å². The van der Waals surface area contributed by atoms with Gasteiger partial charge in [-0.05, 0) is 30.5 Å². The molecule has 21 heavy (non-hydrogen) atoms. The van der Waals surface area contributed by atoms with Crippen LogP contribution in [-0.4, -0.2) is 35.8 Å². The van der Waals surface area contributed by atoms with Gasteiger partial charge >= 0.3 is 6.09 Å². The molecule has 1 amide bonds. The van der Waals surface area contributed by atoms with Crippen molar-refractivity contribution in [2.75, 3.05) is 19.7 Å². The van der Waals surface area contributed by atoms with Gasteiger partial charge in [-0.2, -0.15) is 0 Å². The molecule has 0 spiro atoms. The third-order valence-electron chi connectivity index (χ3n) is 3.49. The summed E-state index contributed by atoms with van der Waals surface area (Å²) in [5.41, 5.74) is 1.33. The maximum atomic E-state index is 13.8. The standard InChI is InChI=1S/C16H20FNO3/c1-2-3-10-21-16(20)18-8-6-12(7-9-18)14-5-4-13(19)11-15(14)17/h4-6,11,19H,2-3,7-10H2,1H3. The van der Waals surface area contributed by atoms with Crippen LogP contribution in [0.15, 0.2) is 24.3 Å². The van der Waals surface area contributed by atoms with Crippen LogP contribution in [0.5, 0.6) is 5.75 Å². The molecular weight excluding hydrogens is 273 g/mol. The highest BCUT2D eigenvalue weighted by molar-refractivity contribution is 5.72. The molecule has 0 saturated carbocycles. The Bertz CT molecular complexity index is 542. The quantitative estimate of drug-likeness (QED) is 0.864. The van der Waals surface area contributed by atoms with E-state index in [0.29, 0.717) is 31.7 Å². The summed E-state index contributed by atoms with van der Waals surface area (Å²) < 4.78 is 18.9. The van der Waals surface area contributed by atoms with Crippen molar-refractivity contribution in [3.8, 4) is 5.75 Å². The van der Waals surface area contributed by atoms with E-state index < -0.39 is 5.82 Å². The average molecular weight is 293 g/mol. The summed E-state index contributed by atoms with van der Waals surface area (Å²) in [5, 5.41) is 9.22. The summed E-state index contributed by atoms with van der Waals surface area (Å²) in [6.45, 7) is 3.41. The Morgan fingerprint density at radius 2 is 2.29 bits per heavy atom. The van der Waals surface area contributed by atoms with Gasteiger partial charge in [0.25, 0.3) is 0 Å². The number of phenols is 1. The fourth-order valence-corrected chi connectivity index (χ4v) is 2.24. The summed E-state index contributed by atoms with van der Waals surface area (Å²) in [7, 11) is 0. The number of halogens is 1. The van der Waals surface area contributed by atoms with Crippen LogP contribution in [0.1, 0.15) is 31.7 Å². The largest absolute Gasteiger partial charge is 0.508 e. The van der Waals surface area contributed by atoms with Gasteiger partial charge in [0.05, 0.1) is 6.61 Å². The smallest absolute Gasteiger partial charge is 0.410 e. The summed E-state index contributed by atoms with van der Waals surface area (Å²) in [6, 6.07) is 4.12. The van der Waals surface area contributed by atoms with Crippen LogP contribution in [-0.2, 0) is 4.74 Å². The first-order valence-corrected chi connectivity index (χ1v) is 7.21. The zero-order valence-electron chi connectivity index (χ0n) is 12.1. The van der Waals surface area contributed by atoms with Crippen LogP contribution in [0.2, 0.25) is 0 Å². The van der Waals surface area contributed by atoms with Crippen LogP contribution < -0.4 is 0 Å². The van der Waals surface area contributed by atoms with Gasteiger partial charge < -0.3 is 14.7 Å². The minimum Gasteiger partial charge on any atom is -0.508 e. The van der Waals surface area contributed by atoms with Gasteiger partial charge in [-0.15, -0.1) is 0 Å². The van der Waals surface area contributed by atoms with Crippen molar-refractivity contribution < 1.29 is 19.0 Å². The Balaban J connectivity index is 1.97. The van der Waals surface area contributed by atoms with Crippen molar-refractivity contribution in [1.29, 1.82) is 0 Å². The number of ether oxygens (including phenoxy) is 1. The number of nitrogens with zero attached hydrogens (tertiary/aromatic N) is 1. The molecule has 0 bridgehead atoms. The molecule has 5 heteroatoms. The van der Waals surface area contributed by atoms with Crippen LogP contribution in [0, 0.1) is 5.82 Å². The van der Waals surface area contributed by atoms with E-state index >= 15 is 0 Å². The van der Waals surface area contributed by atoms with Gasteiger partial charge in [0.1, 0.15) is 11.6 Å². The normalized spacial score (nSPS) is 14.8. The van der Waals surface area contributed by atoms with Crippen LogP contribution in [0.25, 0.3) is 5.57 Å². The van der Waals surface area contributed by atoms with Crippen LogP contribution in [0.3, 0.4) is 0 Å². The van der Waals surface area contributed by atoms with E-state index in [-0.39, 0.29) is 11.8 Å². The van der Waals surface area contributed by atoms with E-state index in [1.807, 2.05) is 13.0 Å². The molecule has 0 saturated heterocycles. The van der Waals surface area contributed by atoms with Crippen LogP contribution >= 0.6 is 0 Å². The van der Waals surface area contributed by atoms with Gasteiger partial charge in [-0.1, -0.05) is 19.4 Å². The highest BCUT2D eigenvalue weighted by Gasteiger charge is 2.20. The maximum absolute atomic E-state index is 13.8. The van der Waals surface area contributed by atoms with E-state index in [2.05, 4.69) is 0 Å². The summed E-state index contributed by atoms with van der Waals surface area (Å²) >= 11 is 0. The number of aromatic hydroxyl groups is 1. The highest BCUT2D eigenvalue weighted by Crippen LogP contribution is 2.27. The summed E-state index contributed by atoms with van der Waals surface area (Å²) in [5.74, 6) is -0.533. The monoisotopic (exact) mass is 293 g/mol. The van der Waals surface area contributed by atoms with E-state index in [1.54, 1.807) is 11.0 Å². The van der Waals surface area contributed by atoms with Crippen molar-refractivity contribution in [3.05, 3.63) is 35.7 Å². The second kappa shape index (κ2) is 7.11. The van der Waals surface area contributed by atoms with Crippen molar-refractivity contribution >= 4 is 11.7 Å². The number of carbonyl (C=O) groups is 1. The number of benzene rings is 1. The van der Waals surface area contributed by atoms with Crippen molar-refractivity contribution in [2.45, 2.75) is 26.2 Å². The molecule has 4 nitrogen and oxygen atoms in total. The van der Waals surface area contributed by atoms with Crippen LogP contribution in [0.4, 0.5) is 9.18 Å². The predicted molar refractivity (Wildman–Crippen MR) is 78.5 cm³/mol. The molecule has 114 valence electrons. The third-order valence-corrected chi connectivity index (χ3v) is 3.49. The minimum atomic E-state index is -0.444. The molecule has 1 aliphatic rings. The summed E-state index contributed by atoms with van der Waals surface area (Å²) in [6.07, 6.45) is 3.94. The molecule has 1 aromatic rings. The average Bonchev–Trinajstić information content (AvgIpc) is 2.48. The number of unbranched alkanes of at least 4 members (excludes halogenated alkanes) is 1. The number of hydrogen-bond acceptors (Lipinski definition) is 3. The first-order valence-electron chi connectivity index (χ1n) is 7.21. The Kier molecular flexibility index (Phi) is 5.20. The third kappa shape index (κ3) is 3.97. The molecule has 0 atom stereocenters. The predicted octanol–water partition coefficient (Wildman–Crippen LogP) is 3.56. The van der Waals surface area contributed by atoms with Crippen molar-refractivity contribution in [2.24, 2.45) is 0 Å². The van der Waals surface area contributed by atoms with E-state index in [0.717, 1.165) is 24.5 Å². The fraction of sp³-hybridized carbons (Fsp3) is 0.438. The number of amides is 1. The lowest BCUT2D eigenvalue weighted by atomic mass is 9.99. The molecule has 0 radical (unpaired) electrons. The lowest BCUT2D eigenvalue weighted by molar-refractivity contribution is 0.105. The molecule has 0 aromatic heterocycles. The van der Waals surface area contributed by atoms with Gasteiger partial charge in [0.15, 0.2) is 0 Å². The lowest BCUT2D eigenvalue weighted by Gasteiger charge is -2.26. The van der Waals surface area contributed by atoms with Gasteiger partial charge in [-0.3, -0.25) is 0 Å². The summed E-state index contributed by atoms with van der Waals surface area (Å²) in [4.78, 5) is 13.4. The molecule has 0 fully saturated rings. The van der Waals surface area contributed by atoms with Gasteiger partial charge in [0, 0.05) is 24.7 Å². The Morgan fingerprint density at radius 3 is 2.90 bits per heavy atom. The molecule has 1 N–H and O–H groups in total.